The lowest BCUT2D eigenvalue weighted by Crippen LogP contribution is -2.20. The van der Waals surface area contributed by atoms with E-state index in [0.29, 0.717) is 11.0 Å². The smallest absolute Gasteiger partial charge is 0.331 e. The molecule has 1 amide bonds. The third kappa shape index (κ3) is 3.88. The molecule has 0 atom stereocenters. The lowest BCUT2D eigenvalue weighted by Gasteiger charge is -2.04. The van der Waals surface area contributed by atoms with Crippen molar-refractivity contribution in [3.63, 3.8) is 0 Å². The van der Waals surface area contributed by atoms with Gasteiger partial charge in [0, 0.05) is 28.6 Å². The molecule has 7 nitrogen and oxygen atoms in total. The summed E-state index contributed by atoms with van der Waals surface area (Å²) < 4.78 is 10.4. The molecule has 0 aliphatic heterocycles. The van der Waals surface area contributed by atoms with Crippen molar-refractivity contribution in [2.75, 3.05) is 11.9 Å². The zero-order valence-corrected chi connectivity index (χ0v) is 15.7. The quantitative estimate of drug-likeness (QED) is 0.402. The van der Waals surface area contributed by atoms with Gasteiger partial charge in [-0.15, -0.1) is 0 Å². The Morgan fingerprint density at radius 1 is 1.13 bits per heavy atom. The second kappa shape index (κ2) is 8.29. The van der Waals surface area contributed by atoms with E-state index in [1.54, 1.807) is 36.5 Å². The molecule has 2 aromatic heterocycles. The number of para-hydroxylation sites is 2. The summed E-state index contributed by atoms with van der Waals surface area (Å²) in [5, 5.41) is 13.3. The third-order valence-electron chi connectivity index (χ3n) is 4.37. The molecule has 4 aromatic rings. The standard InChI is InChI=1S/C23H15N3O4/c24-13-19-23(17-8-1-2-9-18(17)30-19)26-20(27)14-29-21(28)11-10-16-6-3-5-15-7-4-12-25-22(15)16/h1-12H,14H2,(H,26,27)/b11-10+. The van der Waals surface area contributed by atoms with Crippen LogP contribution in [0, 0.1) is 11.3 Å². The predicted octanol–water partition coefficient (Wildman–Crippen LogP) is 4.05. The number of ether oxygens (including phenoxy) is 1. The van der Waals surface area contributed by atoms with Crippen molar-refractivity contribution in [1.82, 2.24) is 4.98 Å². The van der Waals surface area contributed by atoms with Gasteiger partial charge in [0.15, 0.2) is 6.61 Å². The highest BCUT2D eigenvalue weighted by Gasteiger charge is 2.16. The highest BCUT2D eigenvalue weighted by Crippen LogP contribution is 2.30. The monoisotopic (exact) mass is 397 g/mol. The number of pyridine rings is 1. The fourth-order valence-corrected chi connectivity index (χ4v) is 3.03. The molecule has 30 heavy (non-hydrogen) atoms. The first-order chi connectivity index (χ1) is 14.7. The molecule has 7 heteroatoms. The molecule has 0 aliphatic carbocycles. The fraction of sp³-hybridized carbons (Fsp3) is 0.0435. The van der Waals surface area contributed by atoms with Gasteiger partial charge >= 0.3 is 5.97 Å². The van der Waals surface area contributed by atoms with Gasteiger partial charge in [-0.25, -0.2) is 4.79 Å². The van der Waals surface area contributed by atoms with E-state index < -0.39 is 18.5 Å². The number of nitrogens with one attached hydrogen (secondary N) is 1. The summed E-state index contributed by atoms with van der Waals surface area (Å²) in [7, 11) is 0. The van der Waals surface area contributed by atoms with Crippen LogP contribution in [-0.4, -0.2) is 23.5 Å². The number of hydrogen-bond donors (Lipinski definition) is 1. The zero-order chi connectivity index (χ0) is 20.9. The van der Waals surface area contributed by atoms with Gasteiger partial charge in [0.2, 0.25) is 5.76 Å². The number of aromatic nitrogens is 1. The maximum absolute atomic E-state index is 12.2. The Morgan fingerprint density at radius 3 is 2.83 bits per heavy atom. The largest absolute Gasteiger partial charge is 0.452 e. The Kier molecular flexibility index (Phi) is 5.22. The summed E-state index contributed by atoms with van der Waals surface area (Å²) in [5.41, 5.74) is 2.26. The van der Waals surface area contributed by atoms with Crippen molar-refractivity contribution in [2.45, 2.75) is 0 Å². The van der Waals surface area contributed by atoms with Crippen LogP contribution in [0.15, 0.2) is 71.3 Å². The summed E-state index contributed by atoms with van der Waals surface area (Å²) >= 11 is 0. The van der Waals surface area contributed by atoms with E-state index >= 15 is 0 Å². The maximum atomic E-state index is 12.2. The number of furan rings is 1. The van der Waals surface area contributed by atoms with Gasteiger partial charge in [0.05, 0.1) is 5.52 Å². The number of nitriles is 1. The van der Waals surface area contributed by atoms with Crippen LogP contribution in [0.1, 0.15) is 11.3 Å². The minimum absolute atomic E-state index is 0.0146. The van der Waals surface area contributed by atoms with Crippen molar-refractivity contribution in [3.05, 3.63) is 78.2 Å². The molecule has 146 valence electrons. The first-order valence-electron chi connectivity index (χ1n) is 9.06. The first-order valence-corrected chi connectivity index (χ1v) is 9.06. The highest BCUT2D eigenvalue weighted by molar-refractivity contribution is 6.04. The van der Waals surface area contributed by atoms with E-state index in [4.69, 9.17) is 9.15 Å². The number of fused-ring (bicyclic) bond motifs is 2. The molecule has 0 spiro atoms. The molecule has 2 heterocycles. The van der Waals surface area contributed by atoms with Crippen LogP contribution in [0.25, 0.3) is 27.9 Å². The van der Waals surface area contributed by atoms with Gasteiger partial charge in [0.1, 0.15) is 17.3 Å². The average Bonchev–Trinajstić information content (AvgIpc) is 3.13. The normalized spacial score (nSPS) is 10.9. The first kappa shape index (κ1) is 18.9. The van der Waals surface area contributed by atoms with Crippen molar-refractivity contribution in [2.24, 2.45) is 0 Å². The number of benzene rings is 2. The molecule has 0 aliphatic rings. The molecule has 4 rings (SSSR count). The van der Waals surface area contributed by atoms with Crippen molar-refractivity contribution in [3.8, 4) is 6.07 Å². The van der Waals surface area contributed by atoms with Crippen LogP contribution in [0.4, 0.5) is 5.69 Å². The number of anilines is 1. The topological polar surface area (TPSA) is 105 Å². The minimum Gasteiger partial charge on any atom is -0.452 e. The zero-order valence-electron chi connectivity index (χ0n) is 15.7. The second-order valence-electron chi connectivity index (χ2n) is 6.33. The van der Waals surface area contributed by atoms with Crippen LogP contribution >= 0.6 is 0 Å². The van der Waals surface area contributed by atoms with E-state index in [1.807, 2.05) is 36.4 Å². The third-order valence-corrected chi connectivity index (χ3v) is 4.37. The summed E-state index contributed by atoms with van der Waals surface area (Å²) in [6.45, 7) is -0.499. The molecule has 2 aromatic carbocycles. The maximum Gasteiger partial charge on any atom is 0.331 e. The number of nitrogens with zero attached hydrogens (tertiary/aromatic N) is 2. The summed E-state index contributed by atoms with van der Waals surface area (Å²) in [4.78, 5) is 28.5. The van der Waals surface area contributed by atoms with Gasteiger partial charge < -0.3 is 14.5 Å². The molecular formula is C23H15N3O4. The van der Waals surface area contributed by atoms with Gasteiger partial charge in [-0.1, -0.05) is 36.4 Å². The fourth-order valence-electron chi connectivity index (χ4n) is 3.03. The molecule has 0 unspecified atom stereocenters. The number of carbonyl (C=O) groups excluding carboxylic acids is 2. The Hall–Kier alpha value is -4.44. The van der Waals surface area contributed by atoms with Crippen molar-refractivity contribution in [1.29, 1.82) is 5.26 Å². The van der Waals surface area contributed by atoms with Crippen LogP contribution in [0.2, 0.25) is 0 Å². The Bertz CT molecular complexity index is 1330. The molecule has 0 saturated heterocycles. The van der Waals surface area contributed by atoms with Crippen LogP contribution in [-0.2, 0) is 14.3 Å². The van der Waals surface area contributed by atoms with Crippen LogP contribution in [0.5, 0.6) is 0 Å². The second-order valence-corrected chi connectivity index (χ2v) is 6.33. The molecule has 0 fully saturated rings. The van der Waals surface area contributed by atoms with E-state index in [1.165, 1.54) is 6.08 Å². The van der Waals surface area contributed by atoms with Crippen LogP contribution < -0.4 is 5.32 Å². The molecule has 0 radical (unpaired) electrons. The van der Waals surface area contributed by atoms with E-state index in [2.05, 4.69) is 10.3 Å². The lowest BCUT2D eigenvalue weighted by molar-refractivity contribution is -0.142. The summed E-state index contributed by atoms with van der Waals surface area (Å²) in [6, 6.07) is 18.2. The highest BCUT2D eigenvalue weighted by atomic mass is 16.5. The van der Waals surface area contributed by atoms with E-state index in [0.717, 1.165) is 16.5 Å². The summed E-state index contributed by atoms with van der Waals surface area (Å²) in [6.07, 6.45) is 4.51. The molecule has 0 bridgehead atoms. The number of rotatable bonds is 5. The van der Waals surface area contributed by atoms with Crippen molar-refractivity contribution >= 4 is 45.5 Å². The Balaban J connectivity index is 1.40. The number of esters is 1. The molecule has 1 N–H and O–H groups in total. The van der Waals surface area contributed by atoms with Crippen LogP contribution in [0.3, 0.4) is 0 Å². The average molecular weight is 397 g/mol. The molecular weight excluding hydrogens is 382 g/mol. The predicted molar refractivity (Wildman–Crippen MR) is 111 cm³/mol. The number of carbonyl (C=O) groups is 2. The van der Waals surface area contributed by atoms with E-state index in [9.17, 15) is 14.9 Å². The SMILES string of the molecule is N#Cc1oc2ccccc2c1NC(=O)COC(=O)/C=C/c1cccc2cccnc12. The van der Waals surface area contributed by atoms with Gasteiger partial charge in [-0.3, -0.25) is 9.78 Å². The van der Waals surface area contributed by atoms with Gasteiger partial charge in [0.25, 0.3) is 5.91 Å². The van der Waals surface area contributed by atoms with E-state index in [-0.39, 0.29) is 11.4 Å². The minimum atomic E-state index is -0.671. The number of hydrogen-bond acceptors (Lipinski definition) is 6. The van der Waals surface area contributed by atoms with Gasteiger partial charge in [-0.05, 0) is 24.3 Å². The number of amides is 1. The van der Waals surface area contributed by atoms with Crippen molar-refractivity contribution < 1.29 is 18.7 Å². The Labute approximate surface area is 171 Å². The molecule has 0 saturated carbocycles. The lowest BCUT2D eigenvalue weighted by atomic mass is 10.1. The Morgan fingerprint density at radius 2 is 1.97 bits per heavy atom. The summed E-state index contributed by atoms with van der Waals surface area (Å²) in [5.74, 6) is -1.26. The van der Waals surface area contributed by atoms with Gasteiger partial charge in [-0.2, -0.15) is 5.26 Å².